The predicted octanol–water partition coefficient (Wildman–Crippen LogP) is -5.79. The molecule has 0 bridgehead atoms. The number of nitrogens with two attached hydrogens (primary N) is 1. The lowest BCUT2D eigenvalue weighted by Crippen LogP contribution is -2.69. The molecule has 2 aliphatic heterocycles. The fourth-order valence-corrected chi connectivity index (χ4v) is 4.72. The van der Waals surface area contributed by atoms with Crippen LogP contribution in [0, 0.1) is 0 Å². The van der Waals surface area contributed by atoms with Gasteiger partial charge in [0.25, 0.3) is 0 Å². The Morgan fingerprint density at radius 2 is 1.36 bits per heavy atom. The minimum atomic E-state index is -1.64. The first-order valence-corrected chi connectivity index (χ1v) is 14.2. The summed E-state index contributed by atoms with van der Waals surface area (Å²) < 4.78 is 23.0. The average Bonchev–Trinajstić information content (AvgIpc) is 2.97. The summed E-state index contributed by atoms with van der Waals surface area (Å²) >= 11 is 0. The smallest absolute Gasteiger partial charge is 0.248 e. The fourth-order valence-electron chi connectivity index (χ4n) is 4.72. The summed E-state index contributed by atoms with van der Waals surface area (Å²) in [5.41, 5.74) is 0. The Bertz CT molecular complexity index is 932. The van der Waals surface area contributed by atoms with Crippen LogP contribution in [0.3, 0.4) is 0 Å². The van der Waals surface area contributed by atoms with Crippen LogP contribution >= 0.6 is 0 Å². The monoisotopic (exact) mass is 639 g/mol. The number of hydrogen-bond acceptors (Lipinski definition) is 15. The van der Waals surface area contributed by atoms with Crippen molar-refractivity contribution in [1.29, 1.82) is 0 Å². The van der Waals surface area contributed by atoms with Gasteiger partial charge in [0, 0.05) is 33.4 Å². The lowest BCUT2D eigenvalue weighted by Gasteiger charge is -2.48. The van der Waals surface area contributed by atoms with E-state index in [-0.39, 0.29) is 38.0 Å². The van der Waals surface area contributed by atoms with Crippen LogP contribution in [0.4, 0.5) is 0 Å². The maximum Gasteiger partial charge on any atom is 0.248 e. The van der Waals surface area contributed by atoms with Gasteiger partial charge in [-0.25, -0.2) is 5.90 Å². The third-order valence-electron chi connectivity index (χ3n) is 6.84. The van der Waals surface area contributed by atoms with E-state index in [0.717, 1.165) is 6.92 Å². The molecule has 0 aromatic heterocycles. The highest BCUT2D eigenvalue weighted by atomic mass is 16.7. The van der Waals surface area contributed by atoms with Crippen molar-refractivity contribution < 1.29 is 68.5 Å². The van der Waals surface area contributed by atoms with Crippen molar-refractivity contribution in [2.24, 2.45) is 5.90 Å². The fraction of sp³-hybridized carbons (Fsp3) is 0.840. The Hall–Kier alpha value is -2.56. The summed E-state index contributed by atoms with van der Waals surface area (Å²) in [4.78, 5) is 51.6. The molecule has 2 fully saturated rings. The van der Waals surface area contributed by atoms with E-state index in [1.54, 1.807) is 0 Å². The molecule has 2 heterocycles. The van der Waals surface area contributed by atoms with Crippen LogP contribution in [0.1, 0.15) is 33.1 Å². The molecule has 10 unspecified atom stereocenters. The molecule has 2 saturated heterocycles. The number of unbranched alkanes of at least 4 members (excludes halogenated alkanes) is 1. The molecule has 254 valence electrons. The number of aliphatic hydroxyl groups is 5. The summed E-state index contributed by atoms with van der Waals surface area (Å²) in [6.07, 6.45) is -10.4. The maximum atomic E-state index is 12.2. The Labute approximate surface area is 253 Å². The third-order valence-corrected chi connectivity index (χ3v) is 6.84. The van der Waals surface area contributed by atoms with Crippen LogP contribution in [0.15, 0.2) is 0 Å². The Balaban J connectivity index is 2.04. The minimum absolute atomic E-state index is 0.0343. The number of nitrogens with one attached hydrogen (secondary N) is 4. The molecule has 0 aliphatic carbocycles. The van der Waals surface area contributed by atoms with Crippen molar-refractivity contribution in [2.75, 3.05) is 39.5 Å². The number of carbonyl (C=O) groups is 4. The molecule has 11 N–H and O–H groups in total. The standard InChI is InChI=1S/C25H45N5O14/c1-12(33)29-18-22(39)20(37)14(9-31)43-25(18)44-23-19(30-13(2)34)24(42-15(10-32)21(23)38)40-8-7-28-16(35)5-3-4-6-27-17(36)11-41-26/h14-15,18-25,31-32,37-39H,3-11,26H2,1-2H3,(H,27,36)(H,28,35)(H,29,33)(H,30,34). The number of ether oxygens (including phenoxy) is 4. The molecule has 10 atom stereocenters. The van der Waals surface area contributed by atoms with Crippen molar-refractivity contribution in [3.63, 3.8) is 0 Å². The number of aliphatic hydroxyl groups excluding tert-OH is 5. The van der Waals surface area contributed by atoms with E-state index in [0.29, 0.717) is 19.4 Å². The molecule has 0 spiro atoms. The average molecular weight is 640 g/mol. The van der Waals surface area contributed by atoms with Crippen LogP contribution in [0.25, 0.3) is 0 Å². The van der Waals surface area contributed by atoms with Gasteiger partial charge in [0.1, 0.15) is 55.3 Å². The lowest BCUT2D eigenvalue weighted by molar-refractivity contribution is -0.328. The second-order valence-electron chi connectivity index (χ2n) is 10.3. The predicted molar refractivity (Wildman–Crippen MR) is 146 cm³/mol. The normalized spacial score (nSPS) is 32.0. The van der Waals surface area contributed by atoms with Gasteiger partial charge in [-0.05, 0) is 12.8 Å². The van der Waals surface area contributed by atoms with Crippen LogP contribution in [0.2, 0.25) is 0 Å². The maximum absolute atomic E-state index is 12.2. The largest absolute Gasteiger partial charge is 0.394 e. The van der Waals surface area contributed by atoms with Crippen LogP contribution < -0.4 is 27.2 Å². The highest BCUT2D eigenvalue weighted by Crippen LogP contribution is 2.29. The number of carbonyl (C=O) groups excluding carboxylic acids is 4. The van der Waals surface area contributed by atoms with E-state index in [2.05, 4.69) is 26.1 Å². The molecular formula is C25H45N5O14. The molecule has 0 aromatic rings. The Kier molecular flexibility index (Phi) is 16.3. The molecule has 44 heavy (non-hydrogen) atoms. The van der Waals surface area contributed by atoms with Crippen molar-refractivity contribution in [3.05, 3.63) is 0 Å². The van der Waals surface area contributed by atoms with Gasteiger partial charge in [0.05, 0.1) is 19.8 Å². The van der Waals surface area contributed by atoms with Crippen molar-refractivity contribution >= 4 is 23.6 Å². The summed E-state index contributed by atoms with van der Waals surface area (Å²) in [5, 5.41) is 61.5. The molecule has 0 aromatic carbocycles. The zero-order chi connectivity index (χ0) is 32.8. The van der Waals surface area contributed by atoms with Gasteiger partial charge in [-0.2, -0.15) is 0 Å². The van der Waals surface area contributed by atoms with E-state index in [9.17, 15) is 44.7 Å². The first kappa shape index (κ1) is 37.6. The third kappa shape index (κ3) is 11.4. The molecule has 19 heteroatoms. The van der Waals surface area contributed by atoms with Gasteiger partial charge < -0.3 is 65.7 Å². The van der Waals surface area contributed by atoms with E-state index in [1.807, 2.05) is 0 Å². The molecule has 2 rings (SSSR count). The summed E-state index contributed by atoms with van der Waals surface area (Å²) in [5.74, 6) is 2.99. The zero-order valence-electron chi connectivity index (χ0n) is 24.6. The van der Waals surface area contributed by atoms with Gasteiger partial charge in [0.2, 0.25) is 23.6 Å². The summed E-state index contributed by atoms with van der Waals surface area (Å²) in [6, 6.07) is -2.57. The highest BCUT2D eigenvalue weighted by Gasteiger charge is 2.52. The van der Waals surface area contributed by atoms with Crippen molar-refractivity contribution in [3.8, 4) is 0 Å². The van der Waals surface area contributed by atoms with Crippen LogP contribution in [-0.4, -0.2) is 150 Å². The van der Waals surface area contributed by atoms with Crippen LogP contribution in [-0.2, 0) is 43.0 Å². The summed E-state index contributed by atoms with van der Waals surface area (Å²) in [6.45, 7) is 0.945. The first-order valence-electron chi connectivity index (χ1n) is 14.2. The summed E-state index contributed by atoms with van der Waals surface area (Å²) in [7, 11) is 0. The number of rotatable bonds is 17. The lowest BCUT2D eigenvalue weighted by atomic mass is 9.94. The molecule has 4 amide bonds. The zero-order valence-corrected chi connectivity index (χ0v) is 24.6. The molecule has 2 aliphatic rings. The molecule has 19 nitrogen and oxygen atoms in total. The van der Waals surface area contributed by atoms with Gasteiger partial charge in [-0.1, -0.05) is 0 Å². The van der Waals surface area contributed by atoms with Gasteiger partial charge in [-0.15, -0.1) is 0 Å². The number of amides is 4. The highest BCUT2D eigenvalue weighted by molar-refractivity contribution is 5.77. The van der Waals surface area contributed by atoms with Gasteiger partial charge in [0.15, 0.2) is 12.6 Å². The van der Waals surface area contributed by atoms with Crippen molar-refractivity contribution in [1.82, 2.24) is 21.3 Å². The number of hydrogen-bond donors (Lipinski definition) is 10. The molecule has 0 saturated carbocycles. The topological polar surface area (TPSA) is 290 Å². The van der Waals surface area contributed by atoms with Gasteiger partial charge in [-0.3, -0.25) is 24.0 Å². The van der Waals surface area contributed by atoms with E-state index >= 15 is 0 Å². The molecular weight excluding hydrogens is 594 g/mol. The van der Waals surface area contributed by atoms with E-state index < -0.39 is 86.3 Å². The molecule has 0 radical (unpaired) electrons. The Morgan fingerprint density at radius 3 is 1.98 bits per heavy atom. The first-order chi connectivity index (χ1) is 20.9. The second-order valence-corrected chi connectivity index (χ2v) is 10.3. The van der Waals surface area contributed by atoms with E-state index in [1.165, 1.54) is 6.92 Å². The van der Waals surface area contributed by atoms with Gasteiger partial charge >= 0.3 is 0 Å². The SMILES string of the molecule is CC(=O)NC1C(OC2C(O)C(CO)OC(OCCNC(=O)CCCCNC(=O)CON)C2NC(C)=O)OC(CO)C(O)C1O. The van der Waals surface area contributed by atoms with Crippen LogP contribution in [0.5, 0.6) is 0 Å². The Morgan fingerprint density at radius 1 is 0.773 bits per heavy atom. The minimum Gasteiger partial charge on any atom is -0.394 e. The van der Waals surface area contributed by atoms with E-state index in [4.69, 9.17) is 24.8 Å². The van der Waals surface area contributed by atoms with Crippen molar-refractivity contribution in [2.45, 2.75) is 94.4 Å². The second kappa shape index (κ2) is 19.1. The quantitative estimate of drug-likeness (QED) is 0.0524.